The van der Waals surface area contributed by atoms with Gasteiger partial charge in [-0.1, -0.05) is 0 Å². The summed E-state index contributed by atoms with van der Waals surface area (Å²) >= 11 is 0. The van der Waals surface area contributed by atoms with Crippen LogP contribution in [0.2, 0.25) is 0 Å². The molecule has 2 aliphatic heterocycles. The highest BCUT2D eigenvalue weighted by Gasteiger charge is 2.35. The first kappa shape index (κ1) is 10.2. The minimum absolute atomic E-state index is 0.306. The van der Waals surface area contributed by atoms with Crippen LogP contribution in [0.25, 0.3) is 0 Å². The molecule has 0 aromatic heterocycles. The summed E-state index contributed by atoms with van der Waals surface area (Å²) in [6.07, 6.45) is 3.07. The van der Waals surface area contributed by atoms with Gasteiger partial charge in [0.25, 0.3) is 0 Å². The maximum Gasteiger partial charge on any atom is 0.231 e. The summed E-state index contributed by atoms with van der Waals surface area (Å²) in [5, 5.41) is 0. The number of ether oxygens (including phenoxy) is 2. The van der Waals surface area contributed by atoms with Gasteiger partial charge in [0.05, 0.1) is 0 Å². The summed E-state index contributed by atoms with van der Waals surface area (Å²) in [4.78, 5) is 14.1. The van der Waals surface area contributed by atoms with Crippen LogP contribution >= 0.6 is 0 Å². The van der Waals surface area contributed by atoms with Gasteiger partial charge in [0, 0.05) is 19.0 Å². The molecule has 0 radical (unpaired) electrons. The molecule has 1 saturated carbocycles. The molecule has 0 atom stereocenters. The Morgan fingerprint density at radius 2 is 1.89 bits per heavy atom. The van der Waals surface area contributed by atoms with Crippen molar-refractivity contribution < 1.29 is 14.3 Å². The SMILES string of the molecule is O=C(C1CC1)N1CCc2cc3c(cc2C1)OCO3. The van der Waals surface area contributed by atoms with Gasteiger partial charge in [-0.2, -0.15) is 0 Å². The molecule has 4 rings (SSSR count). The van der Waals surface area contributed by atoms with Crippen LogP contribution < -0.4 is 9.47 Å². The summed E-state index contributed by atoms with van der Waals surface area (Å²) < 4.78 is 10.8. The van der Waals surface area contributed by atoms with Gasteiger partial charge >= 0.3 is 0 Å². The highest BCUT2D eigenvalue weighted by molar-refractivity contribution is 5.81. The lowest BCUT2D eigenvalue weighted by Gasteiger charge is -2.29. The molecule has 0 N–H and O–H groups in total. The van der Waals surface area contributed by atoms with E-state index in [0.717, 1.165) is 43.9 Å². The number of carbonyl (C=O) groups excluding carboxylic acids is 1. The molecule has 94 valence electrons. The summed E-state index contributed by atoms with van der Waals surface area (Å²) in [5.74, 6) is 2.30. The van der Waals surface area contributed by atoms with Gasteiger partial charge in [-0.3, -0.25) is 4.79 Å². The fourth-order valence-electron chi connectivity index (χ4n) is 2.72. The van der Waals surface area contributed by atoms with Crippen molar-refractivity contribution in [2.45, 2.75) is 25.8 Å². The van der Waals surface area contributed by atoms with Gasteiger partial charge in [0.15, 0.2) is 11.5 Å². The second kappa shape index (κ2) is 3.64. The first-order valence-electron chi connectivity index (χ1n) is 6.51. The molecular weight excluding hydrogens is 230 g/mol. The number of fused-ring (bicyclic) bond motifs is 2. The van der Waals surface area contributed by atoms with Gasteiger partial charge in [-0.15, -0.1) is 0 Å². The highest BCUT2D eigenvalue weighted by atomic mass is 16.7. The molecule has 0 bridgehead atoms. The minimum Gasteiger partial charge on any atom is -0.454 e. The van der Waals surface area contributed by atoms with E-state index in [1.165, 1.54) is 11.1 Å². The Hall–Kier alpha value is -1.71. The largest absolute Gasteiger partial charge is 0.454 e. The Balaban J connectivity index is 1.62. The number of nitrogens with zero attached hydrogens (tertiary/aromatic N) is 1. The maximum atomic E-state index is 12.1. The zero-order valence-corrected chi connectivity index (χ0v) is 10.1. The third-order valence-electron chi connectivity index (χ3n) is 3.95. The molecule has 1 aliphatic carbocycles. The van der Waals surface area contributed by atoms with Crippen LogP contribution in [0.1, 0.15) is 24.0 Å². The molecule has 0 saturated heterocycles. The Morgan fingerprint density at radius 3 is 2.61 bits per heavy atom. The molecule has 1 fully saturated rings. The number of amides is 1. The summed E-state index contributed by atoms with van der Waals surface area (Å²) in [5.41, 5.74) is 2.50. The Bertz CT molecular complexity index is 522. The second-order valence-corrected chi connectivity index (χ2v) is 5.26. The zero-order valence-electron chi connectivity index (χ0n) is 10.1. The standard InChI is InChI=1S/C14H15NO3/c16-14(9-1-2-9)15-4-3-10-5-12-13(18-8-17-12)6-11(10)7-15/h5-6,9H,1-4,7-8H2. The van der Waals surface area contributed by atoms with Crippen LogP contribution in [0.4, 0.5) is 0 Å². The van der Waals surface area contributed by atoms with Crippen LogP contribution in [0, 0.1) is 5.92 Å². The summed E-state index contributed by atoms with van der Waals surface area (Å²) in [7, 11) is 0. The fourth-order valence-corrected chi connectivity index (χ4v) is 2.72. The lowest BCUT2D eigenvalue weighted by atomic mass is 9.98. The number of rotatable bonds is 1. The van der Waals surface area contributed by atoms with Gasteiger partial charge in [-0.25, -0.2) is 0 Å². The number of hydrogen-bond acceptors (Lipinski definition) is 3. The van der Waals surface area contributed by atoms with E-state index in [1.807, 2.05) is 11.0 Å². The number of benzene rings is 1. The smallest absolute Gasteiger partial charge is 0.231 e. The molecule has 0 spiro atoms. The van der Waals surface area contributed by atoms with E-state index in [9.17, 15) is 4.79 Å². The van der Waals surface area contributed by atoms with Crippen molar-refractivity contribution in [3.05, 3.63) is 23.3 Å². The lowest BCUT2D eigenvalue weighted by Crippen LogP contribution is -2.36. The lowest BCUT2D eigenvalue weighted by molar-refractivity contribution is -0.133. The minimum atomic E-state index is 0.306. The Kier molecular flexibility index (Phi) is 2.07. The Labute approximate surface area is 105 Å². The molecule has 4 nitrogen and oxygen atoms in total. The van der Waals surface area contributed by atoms with Gasteiger partial charge in [-0.05, 0) is 42.5 Å². The monoisotopic (exact) mass is 245 g/mol. The van der Waals surface area contributed by atoms with E-state index in [2.05, 4.69) is 6.07 Å². The summed E-state index contributed by atoms with van der Waals surface area (Å²) in [6.45, 7) is 1.87. The zero-order chi connectivity index (χ0) is 12.1. The molecule has 0 unspecified atom stereocenters. The van der Waals surface area contributed by atoms with Crippen molar-refractivity contribution >= 4 is 5.91 Å². The van der Waals surface area contributed by atoms with Crippen molar-refractivity contribution in [2.75, 3.05) is 13.3 Å². The van der Waals surface area contributed by atoms with Crippen molar-refractivity contribution in [3.8, 4) is 11.5 Å². The highest BCUT2D eigenvalue weighted by Crippen LogP contribution is 2.38. The quantitative estimate of drug-likeness (QED) is 0.756. The first-order valence-corrected chi connectivity index (χ1v) is 6.51. The molecule has 3 aliphatic rings. The third kappa shape index (κ3) is 1.55. The molecule has 18 heavy (non-hydrogen) atoms. The van der Waals surface area contributed by atoms with Gasteiger partial charge in [0.1, 0.15) is 0 Å². The third-order valence-corrected chi connectivity index (χ3v) is 3.95. The molecular formula is C14H15NO3. The van der Waals surface area contributed by atoms with Crippen LogP contribution in [0.5, 0.6) is 11.5 Å². The average molecular weight is 245 g/mol. The van der Waals surface area contributed by atoms with Crippen LogP contribution in [-0.4, -0.2) is 24.1 Å². The van der Waals surface area contributed by atoms with Crippen molar-refractivity contribution in [2.24, 2.45) is 5.92 Å². The Morgan fingerprint density at radius 1 is 1.17 bits per heavy atom. The van der Waals surface area contributed by atoms with E-state index in [4.69, 9.17) is 9.47 Å². The van der Waals surface area contributed by atoms with Crippen LogP contribution in [0.3, 0.4) is 0 Å². The molecule has 2 heterocycles. The van der Waals surface area contributed by atoms with E-state index in [0.29, 0.717) is 18.6 Å². The first-order chi connectivity index (χ1) is 8.81. The van der Waals surface area contributed by atoms with Gasteiger partial charge in [0.2, 0.25) is 12.7 Å². The number of hydrogen-bond donors (Lipinski definition) is 0. The maximum absolute atomic E-state index is 12.1. The normalized spacial score (nSPS) is 20.8. The van der Waals surface area contributed by atoms with Gasteiger partial charge < -0.3 is 14.4 Å². The molecule has 4 heteroatoms. The van der Waals surface area contributed by atoms with Crippen molar-refractivity contribution in [3.63, 3.8) is 0 Å². The van der Waals surface area contributed by atoms with E-state index < -0.39 is 0 Å². The van der Waals surface area contributed by atoms with Crippen molar-refractivity contribution in [1.29, 1.82) is 0 Å². The predicted molar refractivity (Wildman–Crippen MR) is 64.4 cm³/mol. The van der Waals surface area contributed by atoms with E-state index in [1.54, 1.807) is 0 Å². The molecule has 1 amide bonds. The average Bonchev–Trinajstić information content (AvgIpc) is 3.14. The molecule has 1 aromatic rings. The van der Waals surface area contributed by atoms with E-state index in [-0.39, 0.29) is 0 Å². The predicted octanol–water partition coefficient (Wildman–Crippen LogP) is 1.71. The fraction of sp³-hybridized carbons (Fsp3) is 0.500. The second-order valence-electron chi connectivity index (χ2n) is 5.26. The number of carbonyl (C=O) groups is 1. The van der Waals surface area contributed by atoms with Crippen molar-refractivity contribution in [1.82, 2.24) is 4.90 Å². The van der Waals surface area contributed by atoms with E-state index >= 15 is 0 Å². The van der Waals surface area contributed by atoms with Crippen LogP contribution in [-0.2, 0) is 17.8 Å². The molecule has 1 aromatic carbocycles. The topological polar surface area (TPSA) is 38.8 Å². The van der Waals surface area contributed by atoms with Crippen LogP contribution in [0.15, 0.2) is 12.1 Å². The summed E-state index contributed by atoms with van der Waals surface area (Å²) in [6, 6.07) is 4.10.